The molecule has 0 aliphatic carbocycles. The minimum Gasteiger partial charge on any atom is -0.389 e. The molecule has 7 heteroatoms. The second-order valence-electron chi connectivity index (χ2n) is 5.62. The van der Waals surface area contributed by atoms with Gasteiger partial charge >= 0.3 is 23.9 Å². The summed E-state index contributed by atoms with van der Waals surface area (Å²) in [6, 6.07) is 7.23. The number of hydrogen-bond donors (Lipinski definition) is 0. The van der Waals surface area contributed by atoms with E-state index in [2.05, 4.69) is 4.74 Å². The second kappa shape index (κ2) is 4.08. The minimum atomic E-state index is -1.22. The van der Waals surface area contributed by atoms with Crippen LogP contribution in [0.2, 0.25) is 0 Å². The summed E-state index contributed by atoms with van der Waals surface area (Å²) in [6.45, 7) is 0. The highest BCUT2D eigenvalue weighted by Gasteiger charge is 2.56. The van der Waals surface area contributed by atoms with Gasteiger partial charge in [-0.1, -0.05) is 24.3 Å². The third-order valence-corrected chi connectivity index (χ3v) is 4.44. The third kappa shape index (κ3) is 1.37. The third-order valence-electron chi connectivity index (χ3n) is 4.44. The lowest BCUT2D eigenvalue weighted by molar-refractivity contribution is -0.155. The first-order valence-corrected chi connectivity index (χ1v) is 7.15. The van der Waals surface area contributed by atoms with Crippen LogP contribution in [0.5, 0.6) is 0 Å². The summed E-state index contributed by atoms with van der Waals surface area (Å²) >= 11 is 0. The largest absolute Gasteiger partial charge is 0.389 e. The van der Waals surface area contributed by atoms with Gasteiger partial charge in [-0.25, -0.2) is 14.4 Å². The number of rotatable bonds is 0. The predicted molar refractivity (Wildman–Crippen MR) is 76.9 cm³/mol. The van der Waals surface area contributed by atoms with Crippen molar-refractivity contribution < 1.29 is 28.7 Å². The smallest absolute Gasteiger partial charge is 0.363 e. The summed E-state index contributed by atoms with van der Waals surface area (Å²) in [5.41, 5.74) is 1.75. The predicted octanol–water partition coefficient (Wildman–Crippen LogP) is 0.735. The summed E-state index contributed by atoms with van der Waals surface area (Å²) in [4.78, 5) is 50.0. The van der Waals surface area contributed by atoms with Gasteiger partial charge in [0.2, 0.25) is 0 Å². The fraction of sp³-hybridized carbons (Fsp3) is 0.0588. The number of esters is 4. The zero-order chi connectivity index (χ0) is 16.6. The Labute approximate surface area is 134 Å². The molecule has 1 unspecified atom stereocenters. The molecular formula is C17H7NO6. The molecule has 1 saturated heterocycles. The van der Waals surface area contributed by atoms with E-state index in [9.17, 15) is 19.2 Å². The molecule has 4 aliphatic heterocycles. The quantitative estimate of drug-likeness (QED) is 0.514. The van der Waals surface area contributed by atoms with Crippen LogP contribution < -0.4 is 0 Å². The Morgan fingerprint density at radius 1 is 0.833 bits per heavy atom. The van der Waals surface area contributed by atoms with Gasteiger partial charge in [-0.05, 0) is 11.6 Å². The number of carbonyl (C=O) groups is 4. The molecule has 0 radical (unpaired) electrons. The maximum Gasteiger partial charge on any atom is 0.363 e. The Bertz CT molecular complexity index is 996. The molecule has 1 aromatic carbocycles. The Kier molecular flexibility index (Phi) is 2.21. The van der Waals surface area contributed by atoms with Crippen LogP contribution in [0.1, 0.15) is 11.1 Å². The van der Waals surface area contributed by atoms with Crippen molar-refractivity contribution in [2.45, 2.75) is 0 Å². The van der Waals surface area contributed by atoms with E-state index in [1.807, 2.05) is 12.1 Å². The Balaban J connectivity index is 1.88. The zero-order valence-corrected chi connectivity index (χ0v) is 11.9. The second-order valence-corrected chi connectivity index (χ2v) is 5.62. The first-order valence-electron chi connectivity index (χ1n) is 7.15. The molecule has 0 amide bonds. The molecule has 0 spiro atoms. The average molecular weight is 321 g/mol. The molecule has 7 nitrogen and oxygen atoms in total. The van der Waals surface area contributed by atoms with E-state index in [1.54, 1.807) is 24.4 Å². The molecule has 0 aromatic heterocycles. The summed E-state index contributed by atoms with van der Waals surface area (Å²) in [6.07, 6.45) is 3.33. The number of cyclic esters (lactones) is 4. The molecule has 24 heavy (non-hydrogen) atoms. The molecule has 0 N–H and O–H groups in total. The van der Waals surface area contributed by atoms with E-state index in [4.69, 9.17) is 4.74 Å². The monoisotopic (exact) mass is 321 g/mol. The molecule has 116 valence electrons. The number of fused-ring (bicyclic) bond motifs is 6. The summed E-state index contributed by atoms with van der Waals surface area (Å²) < 4.78 is 9.39. The summed E-state index contributed by atoms with van der Waals surface area (Å²) in [5.74, 6) is -4.67. The van der Waals surface area contributed by atoms with E-state index in [0.717, 1.165) is 5.56 Å². The maximum absolute atomic E-state index is 12.2. The first kappa shape index (κ1) is 13.0. The highest BCUT2D eigenvalue weighted by Crippen LogP contribution is 2.48. The van der Waals surface area contributed by atoms with Crippen LogP contribution in [0.3, 0.4) is 0 Å². The fourth-order valence-corrected chi connectivity index (χ4v) is 3.49. The minimum absolute atomic E-state index is 0.0406. The van der Waals surface area contributed by atoms with Crippen LogP contribution >= 0.6 is 0 Å². The highest BCUT2D eigenvalue weighted by atomic mass is 16.6. The van der Waals surface area contributed by atoms with Gasteiger partial charge in [-0.2, -0.15) is 0 Å². The van der Waals surface area contributed by atoms with Gasteiger partial charge in [-0.3, -0.25) is 4.79 Å². The molecule has 5 rings (SSSR count). The van der Waals surface area contributed by atoms with Crippen molar-refractivity contribution in [3.05, 3.63) is 58.4 Å². The Morgan fingerprint density at radius 2 is 1.54 bits per heavy atom. The lowest BCUT2D eigenvalue weighted by Crippen LogP contribution is -2.32. The van der Waals surface area contributed by atoms with Gasteiger partial charge in [0.1, 0.15) is 11.6 Å². The van der Waals surface area contributed by atoms with Gasteiger partial charge in [0.05, 0.1) is 16.8 Å². The lowest BCUT2D eigenvalue weighted by atomic mass is 9.83. The van der Waals surface area contributed by atoms with Gasteiger partial charge < -0.3 is 14.4 Å². The van der Waals surface area contributed by atoms with E-state index in [0.29, 0.717) is 11.3 Å². The van der Waals surface area contributed by atoms with Crippen molar-refractivity contribution in [2.75, 3.05) is 0 Å². The average Bonchev–Trinajstić information content (AvgIpc) is 3.03. The van der Waals surface area contributed by atoms with Crippen molar-refractivity contribution >= 4 is 35.7 Å². The van der Waals surface area contributed by atoms with Crippen LogP contribution in [0.15, 0.2) is 47.3 Å². The Morgan fingerprint density at radius 3 is 2.38 bits per heavy atom. The SMILES string of the molecule is O=C1OC(=O)C2=C1C1C(=O)OC(=O)C1=C1c3ccccc3C=CN21. The lowest BCUT2D eigenvalue weighted by Gasteiger charge is -2.33. The van der Waals surface area contributed by atoms with E-state index in [-0.39, 0.29) is 16.8 Å². The molecule has 4 heterocycles. The highest BCUT2D eigenvalue weighted by molar-refractivity contribution is 6.23. The number of ether oxygens (including phenoxy) is 2. The Hall–Kier alpha value is -3.48. The normalized spacial score (nSPS) is 23.8. The van der Waals surface area contributed by atoms with Crippen LogP contribution in [-0.4, -0.2) is 28.8 Å². The molecule has 4 aliphatic rings. The maximum atomic E-state index is 12.2. The first-order chi connectivity index (χ1) is 11.6. The van der Waals surface area contributed by atoms with E-state index in [1.165, 1.54) is 4.90 Å². The van der Waals surface area contributed by atoms with Crippen LogP contribution in [0.4, 0.5) is 0 Å². The van der Waals surface area contributed by atoms with Crippen molar-refractivity contribution in [3.63, 3.8) is 0 Å². The molecule has 0 bridgehead atoms. The number of hydrogen-bond acceptors (Lipinski definition) is 7. The molecular weight excluding hydrogens is 314 g/mol. The van der Waals surface area contributed by atoms with Gasteiger partial charge in [0.15, 0.2) is 0 Å². The van der Waals surface area contributed by atoms with E-state index >= 15 is 0 Å². The molecule has 1 aromatic rings. The molecule has 1 atom stereocenters. The fourth-order valence-electron chi connectivity index (χ4n) is 3.49. The number of carbonyl (C=O) groups excluding carboxylic acids is 4. The van der Waals surface area contributed by atoms with E-state index < -0.39 is 29.8 Å². The molecule has 0 saturated carbocycles. The van der Waals surface area contributed by atoms with Crippen molar-refractivity contribution in [1.82, 2.24) is 4.90 Å². The zero-order valence-electron chi connectivity index (χ0n) is 11.9. The van der Waals surface area contributed by atoms with Gasteiger partial charge in [-0.15, -0.1) is 0 Å². The standard InChI is InChI=1S/C17H7NO6/c19-14-9-10(15(20)23-14)12-8-4-2-1-3-7(8)5-6-18(12)13-11(9)16(21)24-17(13)22/h1-6,9H. The van der Waals surface area contributed by atoms with Gasteiger partial charge in [0, 0.05) is 11.8 Å². The summed E-state index contributed by atoms with van der Waals surface area (Å²) in [7, 11) is 0. The van der Waals surface area contributed by atoms with Crippen molar-refractivity contribution in [1.29, 1.82) is 0 Å². The molecule has 1 fully saturated rings. The number of benzene rings is 1. The van der Waals surface area contributed by atoms with Gasteiger partial charge in [0.25, 0.3) is 0 Å². The topological polar surface area (TPSA) is 90.0 Å². The number of nitrogens with zero attached hydrogens (tertiary/aromatic N) is 1. The van der Waals surface area contributed by atoms with Crippen LogP contribution in [0.25, 0.3) is 11.8 Å². The van der Waals surface area contributed by atoms with Crippen LogP contribution in [0, 0.1) is 5.92 Å². The van der Waals surface area contributed by atoms with Crippen LogP contribution in [-0.2, 0) is 28.7 Å². The summed E-state index contributed by atoms with van der Waals surface area (Å²) in [5, 5.41) is 0. The van der Waals surface area contributed by atoms with Crippen molar-refractivity contribution in [2.24, 2.45) is 5.92 Å². The van der Waals surface area contributed by atoms with Crippen molar-refractivity contribution in [3.8, 4) is 0 Å².